The third kappa shape index (κ3) is 6.41. The zero-order valence-corrected chi connectivity index (χ0v) is 19.3. The number of hydrogen-bond donors (Lipinski definition) is 0. The van der Waals surface area contributed by atoms with Crippen LogP contribution >= 0.6 is 11.6 Å². The van der Waals surface area contributed by atoms with Crippen molar-refractivity contribution in [3.63, 3.8) is 0 Å². The van der Waals surface area contributed by atoms with E-state index in [2.05, 4.69) is 6.07 Å². The maximum atomic E-state index is 13.3. The smallest absolute Gasteiger partial charge is 0.258 e. The molecule has 0 radical (unpaired) electrons. The first kappa shape index (κ1) is 24.0. The summed E-state index contributed by atoms with van der Waals surface area (Å²) >= 11 is 5.93. The second-order valence-corrected chi connectivity index (χ2v) is 7.51. The molecular weight excluding hydrogens is 440 g/mol. The van der Waals surface area contributed by atoms with Gasteiger partial charge >= 0.3 is 0 Å². The molecule has 0 N–H and O–H groups in total. The van der Waals surface area contributed by atoms with Gasteiger partial charge in [0.2, 0.25) is 0 Å². The van der Waals surface area contributed by atoms with Gasteiger partial charge in [0.25, 0.3) is 5.91 Å². The molecule has 33 heavy (non-hydrogen) atoms. The van der Waals surface area contributed by atoms with E-state index in [1.165, 1.54) is 7.11 Å². The van der Waals surface area contributed by atoms with Crippen molar-refractivity contribution < 1.29 is 19.0 Å². The van der Waals surface area contributed by atoms with Gasteiger partial charge in [-0.15, -0.1) is 0 Å². The van der Waals surface area contributed by atoms with Crippen molar-refractivity contribution in [1.29, 1.82) is 5.26 Å². The Morgan fingerprint density at radius 1 is 1.00 bits per heavy atom. The van der Waals surface area contributed by atoms with Crippen molar-refractivity contribution in [2.45, 2.75) is 20.0 Å². The number of nitriles is 1. The minimum Gasteiger partial charge on any atom is -0.494 e. The van der Waals surface area contributed by atoms with E-state index in [4.69, 9.17) is 31.1 Å². The van der Waals surface area contributed by atoms with Crippen LogP contribution in [0.5, 0.6) is 17.2 Å². The minimum atomic E-state index is -0.239. The summed E-state index contributed by atoms with van der Waals surface area (Å²) in [4.78, 5) is 14.9. The number of hydrogen-bond acceptors (Lipinski definition) is 5. The molecule has 170 valence electrons. The predicted molar refractivity (Wildman–Crippen MR) is 128 cm³/mol. The minimum absolute atomic E-state index is 0.207. The number of carbonyl (C=O) groups is 1. The van der Waals surface area contributed by atoms with Gasteiger partial charge in [0, 0.05) is 22.8 Å². The Kier molecular flexibility index (Phi) is 8.56. The molecule has 6 nitrogen and oxygen atoms in total. The molecule has 0 saturated carbocycles. The van der Waals surface area contributed by atoms with Gasteiger partial charge in [-0.1, -0.05) is 23.7 Å². The predicted octanol–water partition coefficient (Wildman–Crippen LogP) is 5.89. The topological polar surface area (TPSA) is 71.8 Å². The summed E-state index contributed by atoms with van der Waals surface area (Å²) in [5.41, 5.74) is 2.07. The van der Waals surface area contributed by atoms with Crippen molar-refractivity contribution >= 4 is 23.2 Å². The van der Waals surface area contributed by atoms with Crippen molar-refractivity contribution in [3.8, 4) is 23.3 Å². The van der Waals surface area contributed by atoms with E-state index in [0.717, 1.165) is 11.3 Å². The van der Waals surface area contributed by atoms with Crippen LogP contribution in [0.2, 0.25) is 5.02 Å². The molecule has 3 rings (SSSR count). The van der Waals surface area contributed by atoms with E-state index in [0.29, 0.717) is 41.0 Å². The summed E-state index contributed by atoms with van der Waals surface area (Å²) in [5, 5.41) is 9.72. The van der Waals surface area contributed by atoms with Gasteiger partial charge in [0.1, 0.15) is 12.4 Å². The lowest BCUT2D eigenvalue weighted by atomic mass is 10.1. The molecule has 0 fully saturated rings. The van der Waals surface area contributed by atoms with Crippen LogP contribution in [-0.2, 0) is 6.61 Å². The Morgan fingerprint density at radius 2 is 1.73 bits per heavy atom. The van der Waals surface area contributed by atoms with Crippen molar-refractivity contribution in [2.75, 3.05) is 25.2 Å². The van der Waals surface area contributed by atoms with E-state index in [1.54, 1.807) is 59.5 Å². The summed E-state index contributed by atoms with van der Waals surface area (Å²) in [5.74, 6) is 1.45. The fourth-order valence-corrected chi connectivity index (χ4v) is 3.34. The molecular formula is C26H25ClN2O4. The fraction of sp³-hybridized carbons (Fsp3) is 0.231. The number of benzene rings is 3. The van der Waals surface area contributed by atoms with Gasteiger partial charge in [-0.3, -0.25) is 4.79 Å². The van der Waals surface area contributed by atoms with Crippen molar-refractivity contribution in [2.24, 2.45) is 0 Å². The number of halogens is 1. The van der Waals surface area contributed by atoms with Gasteiger partial charge in [-0.05, 0) is 67.1 Å². The molecule has 0 spiro atoms. The van der Waals surface area contributed by atoms with Gasteiger partial charge in [-0.25, -0.2) is 0 Å². The number of ether oxygens (including phenoxy) is 3. The SMILES string of the molecule is CCOc1ccc(N(CCC#N)C(=O)c2ccc(OCc3ccc(Cl)cc3)c(OC)c2)cc1. The summed E-state index contributed by atoms with van der Waals surface area (Å²) in [6.45, 7) is 3.07. The molecule has 0 unspecified atom stereocenters. The number of carbonyl (C=O) groups excluding carboxylic acids is 1. The standard InChI is InChI=1S/C26H25ClN2O4/c1-3-32-23-12-10-22(11-13-23)29(16-4-15-28)26(30)20-7-14-24(25(17-20)31-2)33-18-19-5-8-21(27)9-6-19/h5-14,17H,3-4,16,18H2,1-2H3. The highest BCUT2D eigenvalue weighted by Crippen LogP contribution is 2.30. The molecule has 0 aromatic heterocycles. The molecule has 3 aromatic carbocycles. The molecule has 0 saturated heterocycles. The quantitative estimate of drug-likeness (QED) is 0.374. The third-order valence-electron chi connectivity index (χ3n) is 4.87. The first-order chi connectivity index (χ1) is 16.0. The number of nitrogens with zero attached hydrogens (tertiary/aromatic N) is 2. The number of amides is 1. The van der Waals surface area contributed by atoms with Crippen LogP contribution in [0.3, 0.4) is 0 Å². The molecule has 1 amide bonds. The number of rotatable bonds is 10. The lowest BCUT2D eigenvalue weighted by Crippen LogP contribution is -2.31. The Labute approximate surface area is 198 Å². The van der Waals surface area contributed by atoms with Gasteiger partial charge < -0.3 is 19.1 Å². The van der Waals surface area contributed by atoms with E-state index in [9.17, 15) is 4.79 Å². The monoisotopic (exact) mass is 464 g/mol. The Balaban J connectivity index is 1.80. The lowest BCUT2D eigenvalue weighted by molar-refractivity contribution is 0.0987. The maximum Gasteiger partial charge on any atom is 0.258 e. The van der Waals surface area contributed by atoms with Crippen LogP contribution in [0.1, 0.15) is 29.3 Å². The second kappa shape index (κ2) is 11.8. The lowest BCUT2D eigenvalue weighted by Gasteiger charge is -2.23. The average molecular weight is 465 g/mol. The number of methoxy groups -OCH3 is 1. The summed E-state index contributed by atoms with van der Waals surface area (Å²) in [6.07, 6.45) is 0.207. The van der Waals surface area contributed by atoms with E-state index >= 15 is 0 Å². The van der Waals surface area contributed by atoms with Crippen LogP contribution < -0.4 is 19.1 Å². The van der Waals surface area contributed by atoms with Crippen LogP contribution in [0.25, 0.3) is 0 Å². The molecule has 7 heteroatoms. The Bertz CT molecular complexity index is 1110. The molecule has 0 aliphatic heterocycles. The van der Waals surface area contributed by atoms with Crippen molar-refractivity contribution in [1.82, 2.24) is 0 Å². The highest BCUT2D eigenvalue weighted by molar-refractivity contribution is 6.30. The molecule has 0 atom stereocenters. The largest absolute Gasteiger partial charge is 0.494 e. The van der Waals surface area contributed by atoms with Crippen LogP contribution in [0.4, 0.5) is 5.69 Å². The Morgan fingerprint density at radius 3 is 2.36 bits per heavy atom. The first-order valence-corrected chi connectivity index (χ1v) is 10.9. The van der Waals surface area contributed by atoms with E-state index in [-0.39, 0.29) is 18.9 Å². The van der Waals surface area contributed by atoms with Gasteiger partial charge in [0.05, 0.1) is 26.2 Å². The molecule has 3 aromatic rings. The maximum absolute atomic E-state index is 13.3. The average Bonchev–Trinajstić information content (AvgIpc) is 2.84. The fourth-order valence-electron chi connectivity index (χ4n) is 3.22. The summed E-state index contributed by atoms with van der Waals surface area (Å²) in [6, 6.07) is 21.7. The van der Waals surface area contributed by atoms with Gasteiger partial charge in [-0.2, -0.15) is 5.26 Å². The van der Waals surface area contributed by atoms with E-state index in [1.807, 2.05) is 19.1 Å². The van der Waals surface area contributed by atoms with E-state index < -0.39 is 0 Å². The van der Waals surface area contributed by atoms with Gasteiger partial charge in [0.15, 0.2) is 11.5 Å². The molecule has 0 bridgehead atoms. The first-order valence-electron chi connectivity index (χ1n) is 10.5. The van der Waals surface area contributed by atoms with Crippen LogP contribution in [0.15, 0.2) is 66.7 Å². The molecule has 0 heterocycles. The van der Waals surface area contributed by atoms with Crippen LogP contribution in [-0.4, -0.2) is 26.2 Å². The normalized spacial score (nSPS) is 10.2. The molecule has 0 aliphatic rings. The van der Waals surface area contributed by atoms with Crippen LogP contribution in [0, 0.1) is 11.3 Å². The molecule has 0 aliphatic carbocycles. The van der Waals surface area contributed by atoms with Crippen molar-refractivity contribution in [3.05, 3.63) is 82.9 Å². The highest BCUT2D eigenvalue weighted by Gasteiger charge is 2.20. The summed E-state index contributed by atoms with van der Waals surface area (Å²) < 4.78 is 16.8. The zero-order valence-electron chi connectivity index (χ0n) is 18.6. The second-order valence-electron chi connectivity index (χ2n) is 7.07. The zero-order chi connectivity index (χ0) is 23.6. The third-order valence-corrected chi connectivity index (χ3v) is 5.12. The number of anilines is 1. The Hall–Kier alpha value is -3.69. The summed E-state index contributed by atoms with van der Waals surface area (Å²) in [7, 11) is 1.53. The highest BCUT2D eigenvalue weighted by atomic mass is 35.5.